The summed E-state index contributed by atoms with van der Waals surface area (Å²) in [6.45, 7) is 6.61. The molecule has 4 heteroatoms. The molecule has 0 radical (unpaired) electrons. The van der Waals surface area contributed by atoms with Gasteiger partial charge >= 0.3 is 5.97 Å². The quantitative estimate of drug-likeness (QED) is 0.381. The molecule has 0 saturated heterocycles. The Balaban J connectivity index is 1.54. The van der Waals surface area contributed by atoms with Crippen LogP contribution in [0, 0.1) is 0 Å². The average molecular weight is 426 g/mol. The van der Waals surface area contributed by atoms with Crippen LogP contribution in [0.2, 0.25) is 0 Å². The van der Waals surface area contributed by atoms with Crippen LogP contribution in [0.3, 0.4) is 0 Å². The molecule has 5 rings (SSSR count). The summed E-state index contributed by atoms with van der Waals surface area (Å²) in [5.74, 6) is -0.124. The monoisotopic (exact) mass is 425 g/mol. The lowest BCUT2D eigenvalue weighted by Crippen LogP contribution is -2.10. The third-order valence-electron chi connectivity index (χ3n) is 6.03. The van der Waals surface area contributed by atoms with Crippen LogP contribution < -0.4 is 4.74 Å². The Morgan fingerprint density at radius 1 is 0.906 bits per heavy atom. The zero-order valence-electron chi connectivity index (χ0n) is 18.6. The summed E-state index contributed by atoms with van der Waals surface area (Å²) in [5, 5.41) is 10.8. The van der Waals surface area contributed by atoms with E-state index in [1.54, 1.807) is 10.6 Å². The minimum atomic E-state index is -0.949. The van der Waals surface area contributed by atoms with Crippen LogP contribution in [0.25, 0.3) is 27.7 Å². The van der Waals surface area contributed by atoms with Crippen LogP contribution in [0.5, 0.6) is 5.75 Å². The molecular formula is C28H27NO3. The van der Waals surface area contributed by atoms with Gasteiger partial charge in [0.25, 0.3) is 0 Å². The number of fused-ring (bicyclic) bond motifs is 1. The number of aromatic carboxylic acids is 1. The highest BCUT2D eigenvalue weighted by Crippen LogP contribution is 2.32. The summed E-state index contributed by atoms with van der Waals surface area (Å²) < 4.78 is 7.63. The van der Waals surface area contributed by atoms with Crippen LogP contribution >= 0.6 is 0 Å². The molecule has 0 bridgehead atoms. The standard InChI is InChI=1S/C28H27NO3/c1-28(2,3)21-7-4-18(5-8-21)19-6-15-25-20(16-19)17-26(27(30)31)29(25)22-9-11-23(12-10-22)32-24-13-14-24/h4-12,15-17,24H,13-14H2,1-3H3,(H,30,31). The van der Waals surface area contributed by atoms with E-state index in [1.165, 1.54) is 5.56 Å². The first-order valence-electron chi connectivity index (χ1n) is 11.1. The van der Waals surface area contributed by atoms with E-state index in [1.807, 2.05) is 30.3 Å². The summed E-state index contributed by atoms with van der Waals surface area (Å²) in [6.07, 6.45) is 2.54. The molecule has 1 aliphatic carbocycles. The summed E-state index contributed by atoms with van der Waals surface area (Å²) in [4.78, 5) is 12.0. The molecule has 162 valence electrons. The highest BCUT2D eigenvalue weighted by molar-refractivity contribution is 5.97. The van der Waals surface area contributed by atoms with Crippen molar-refractivity contribution in [3.63, 3.8) is 0 Å². The highest BCUT2D eigenvalue weighted by atomic mass is 16.5. The third kappa shape index (κ3) is 3.89. The smallest absolute Gasteiger partial charge is 0.352 e. The van der Waals surface area contributed by atoms with Gasteiger partial charge in [-0.15, -0.1) is 0 Å². The predicted molar refractivity (Wildman–Crippen MR) is 128 cm³/mol. The molecule has 4 aromatic rings. The molecular weight excluding hydrogens is 398 g/mol. The number of carboxylic acids is 1. The second-order valence-electron chi connectivity index (χ2n) is 9.58. The van der Waals surface area contributed by atoms with Gasteiger partial charge in [-0.2, -0.15) is 0 Å². The fraction of sp³-hybridized carbons (Fsp3) is 0.250. The van der Waals surface area contributed by atoms with Gasteiger partial charge in [0.2, 0.25) is 0 Å². The highest BCUT2D eigenvalue weighted by Gasteiger charge is 2.23. The van der Waals surface area contributed by atoms with Crippen LogP contribution in [-0.4, -0.2) is 21.7 Å². The molecule has 0 spiro atoms. The fourth-order valence-electron chi connectivity index (χ4n) is 4.05. The molecule has 1 aliphatic rings. The number of ether oxygens (including phenoxy) is 1. The maximum absolute atomic E-state index is 12.0. The summed E-state index contributed by atoms with van der Waals surface area (Å²) in [6, 6.07) is 24.1. The topological polar surface area (TPSA) is 51.5 Å². The lowest BCUT2D eigenvalue weighted by atomic mass is 9.86. The Bertz CT molecular complexity index is 1290. The van der Waals surface area contributed by atoms with Crippen molar-refractivity contribution in [2.75, 3.05) is 0 Å². The lowest BCUT2D eigenvalue weighted by molar-refractivity contribution is 0.0688. The van der Waals surface area contributed by atoms with E-state index >= 15 is 0 Å². The first kappa shape index (κ1) is 20.4. The normalized spacial score (nSPS) is 14.0. The largest absolute Gasteiger partial charge is 0.490 e. The third-order valence-corrected chi connectivity index (χ3v) is 6.03. The molecule has 0 unspecified atom stereocenters. The molecule has 1 N–H and O–H groups in total. The number of carbonyl (C=O) groups is 1. The number of nitrogens with zero attached hydrogens (tertiary/aromatic N) is 1. The SMILES string of the molecule is CC(C)(C)c1ccc(-c2ccc3c(c2)cc(C(=O)O)n3-c2ccc(OC3CC3)cc2)cc1. The zero-order chi connectivity index (χ0) is 22.5. The second-order valence-corrected chi connectivity index (χ2v) is 9.58. The molecule has 4 nitrogen and oxygen atoms in total. The number of hydrogen-bond acceptors (Lipinski definition) is 2. The van der Waals surface area contributed by atoms with Crippen molar-refractivity contribution in [2.24, 2.45) is 0 Å². The van der Waals surface area contributed by atoms with Crippen molar-refractivity contribution in [1.82, 2.24) is 4.57 Å². The number of benzene rings is 3. The molecule has 0 amide bonds. The van der Waals surface area contributed by atoms with Gasteiger partial charge in [-0.25, -0.2) is 4.79 Å². The summed E-state index contributed by atoms with van der Waals surface area (Å²) >= 11 is 0. The first-order chi connectivity index (χ1) is 15.3. The Morgan fingerprint density at radius 2 is 1.56 bits per heavy atom. The van der Waals surface area contributed by atoms with E-state index in [2.05, 4.69) is 57.2 Å². The summed E-state index contributed by atoms with van der Waals surface area (Å²) in [5.41, 5.74) is 5.50. The number of carboxylic acid groups (broad SMARTS) is 1. The van der Waals surface area contributed by atoms with Crippen molar-refractivity contribution in [2.45, 2.75) is 45.1 Å². The average Bonchev–Trinajstić information content (AvgIpc) is 3.50. The zero-order valence-corrected chi connectivity index (χ0v) is 18.6. The van der Waals surface area contributed by atoms with E-state index in [0.29, 0.717) is 6.10 Å². The van der Waals surface area contributed by atoms with Crippen molar-refractivity contribution in [1.29, 1.82) is 0 Å². The van der Waals surface area contributed by atoms with Crippen LogP contribution in [0.1, 0.15) is 49.7 Å². The van der Waals surface area contributed by atoms with Crippen molar-refractivity contribution >= 4 is 16.9 Å². The van der Waals surface area contributed by atoms with Crippen LogP contribution in [0.15, 0.2) is 72.8 Å². The van der Waals surface area contributed by atoms with E-state index in [9.17, 15) is 9.90 Å². The molecule has 32 heavy (non-hydrogen) atoms. The first-order valence-corrected chi connectivity index (χ1v) is 11.1. The second kappa shape index (κ2) is 7.56. The van der Waals surface area contributed by atoms with Gasteiger partial charge < -0.3 is 14.4 Å². The van der Waals surface area contributed by atoms with Crippen LogP contribution in [0.4, 0.5) is 0 Å². The van der Waals surface area contributed by atoms with Crippen molar-refractivity contribution < 1.29 is 14.6 Å². The van der Waals surface area contributed by atoms with Crippen molar-refractivity contribution in [3.05, 3.63) is 84.1 Å². The van der Waals surface area contributed by atoms with E-state index in [4.69, 9.17) is 4.74 Å². The maximum Gasteiger partial charge on any atom is 0.352 e. The Morgan fingerprint density at radius 3 is 2.16 bits per heavy atom. The molecule has 3 aromatic carbocycles. The molecule has 1 fully saturated rings. The van der Waals surface area contributed by atoms with E-state index < -0.39 is 5.97 Å². The molecule has 1 heterocycles. The maximum atomic E-state index is 12.0. The van der Waals surface area contributed by atoms with Gasteiger partial charge in [0, 0.05) is 11.1 Å². The van der Waals surface area contributed by atoms with Gasteiger partial charge in [0.1, 0.15) is 11.4 Å². The Hall–Kier alpha value is -3.53. The molecule has 1 saturated carbocycles. The minimum Gasteiger partial charge on any atom is -0.490 e. The van der Waals surface area contributed by atoms with E-state index in [0.717, 1.165) is 46.3 Å². The Kier molecular flexibility index (Phi) is 4.81. The number of aromatic nitrogens is 1. The van der Waals surface area contributed by atoms with Gasteiger partial charge in [0.15, 0.2) is 0 Å². The van der Waals surface area contributed by atoms with E-state index in [-0.39, 0.29) is 11.1 Å². The predicted octanol–water partition coefficient (Wildman–Crippen LogP) is 6.83. The lowest BCUT2D eigenvalue weighted by Gasteiger charge is -2.19. The van der Waals surface area contributed by atoms with Gasteiger partial charge in [-0.05, 0) is 77.4 Å². The number of rotatable bonds is 5. The summed E-state index contributed by atoms with van der Waals surface area (Å²) in [7, 11) is 0. The van der Waals surface area contributed by atoms with Crippen molar-refractivity contribution in [3.8, 4) is 22.6 Å². The van der Waals surface area contributed by atoms with Crippen LogP contribution in [-0.2, 0) is 5.41 Å². The Labute approximate surface area is 188 Å². The van der Waals surface area contributed by atoms with Gasteiger partial charge in [-0.1, -0.05) is 51.1 Å². The molecule has 1 aromatic heterocycles. The molecule has 0 aliphatic heterocycles. The number of hydrogen-bond donors (Lipinski definition) is 1. The van der Waals surface area contributed by atoms with Gasteiger partial charge in [-0.3, -0.25) is 0 Å². The molecule has 0 atom stereocenters. The fourth-order valence-corrected chi connectivity index (χ4v) is 4.05. The minimum absolute atomic E-state index is 0.106. The van der Waals surface area contributed by atoms with Gasteiger partial charge in [0.05, 0.1) is 11.6 Å².